The molecule has 0 aliphatic heterocycles. The molecule has 4 N–H and O–H groups in total. The largest absolute Gasteiger partial charge is 0.383 e. The maximum atomic E-state index is 12.6. The monoisotopic (exact) mass is 356 g/mol. The van der Waals surface area contributed by atoms with Gasteiger partial charge in [-0.15, -0.1) is 0 Å². The maximum Gasteiger partial charge on any atom is 0.241 e. The lowest BCUT2D eigenvalue weighted by Crippen LogP contribution is -2.41. The minimum absolute atomic E-state index is 0.0142. The molecule has 0 saturated carbocycles. The highest BCUT2D eigenvalue weighted by molar-refractivity contribution is 7.89. The minimum Gasteiger partial charge on any atom is -0.383 e. The van der Waals surface area contributed by atoms with Gasteiger partial charge in [-0.3, -0.25) is 0 Å². The van der Waals surface area contributed by atoms with E-state index in [0.29, 0.717) is 12.2 Å². The van der Waals surface area contributed by atoms with Crippen LogP contribution in [0.15, 0.2) is 34.2 Å². The van der Waals surface area contributed by atoms with Crippen molar-refractivity contribution in [1.82, 2.24) is 10.0 Å². The van der Waals surface area contributed by atoms with E-state index in [2.05, 4.69) is 15.0 Å². The molecule has 7 nitrogen and oxygen atoms in total. The SMILES string of the molecule is COCC(C)NC(N)=NCc1ccccc1S(=O)(=O)NC(C)(C)C. The van der Waals surface area contributed by atoms with Crippen LogP contribution in [0.2, 0.25) is 0 Å². The standard InChI is InChI=1S/C16H28N4O3S/c1-12(11-23-5)19-15(17)18-10-13-8-6-7-9-14(13)24(21,22)20-16(2,3)4/h6-9,12,20H,10-11H2,1-5H3,(H3,17,18,19). The molecule has 0 bridgehead atoms. The molecule has 0 radical (unpaired) electrons. The van der Waals surface area contributed by atoms with Crippen molar-refractivity contribution in [3.05, 3.63) is 29.8 Å². The van der Waals surface area contributed by atoms with Crippen LogP contribution < -0.4 is 15.8 Å². The summed E-state index contributed by atoms with van der Waals surface area (Å²) in [6, 6.07) is 6.77. The molecule has 1 unspecified atom stereocenters. The summed E-state index contributed by atoms with van der Waals surface area (Å²) < 4.78 is 32.8. The molecule has 1 aromatic rings. The van der Waals surface area contributed by atoms with Crippen molar-refractivity contribution in [3.63, 3.8) is 0 Å². The number of guanidine groups is 1. The molecule has 0 aliphatic rings. The van der Waals surface area contributed by atoms with Crippen molar-refractivity contribution in [2.75, 3.05) is 13.7 Å². The number of ether oxygens (including phenoxy) is 1. The van der Waals surface area contributed by atoms with Gasteiger partial charge in [-0.25, -0.2) is 18.1 Å². The first-order chi connectivity index (χ1) is 11.0. The number of nitrogens with one attached hydrogen (secondary N) is 2. The first-order valence-corrected chi connectivity index (χ1v) is 9.21. The fourth-order valence-corrected chi connectivity index (χ4v) is 3.77. The molecular formula is C16H28N4O3S. The minimum atomic E-state index is -3.63. The predicted octanol–water partition coefficient (Wildman–Crippen LogP) is 1.20. The summed E-state index contributed by atoms with van der Waals surface area (Å²) in [5, 5.41) is 2.99. The van der Waals surface area contributed by atoms with Crippen LogP contribution in [0.3, 0.4) is 0 Å². The van der Waals surface area contributed by atoms with E-state index in [1.807, 2.05) is 6.92 Å². The Labute approximate surface area is 144 Å². The van der Waals surface area contributed by atoms with Crippen molar-refractivity contribution in [2.24, 2.45) is 10.7 Å². The second-order valence-corrected chi connectivity index (χ2v) is 8.32. The summed E-state index contributed by atoms with van der Waals surface area (Å²) in [4.78, 5) is 4.43. The third-order valence-electron chi connectivity index (χ3n) is 2.93. The Morgan fingerprint density at radius 2 is 1.96 bits per heavy atom. The average molecular weight is 356 g/mol. The third kappa shape index (κ3) is 6.86. The van der Waals surface area contributed by atoms with Gasteiger partial charge < -0.3 is 15.8 Å². The zero-order valence-corrected chi connectivity index (χ0v) is 15.8. The summed E-state index contributed by atoms with van der Waals surface area (Å²) >= 11 is 0. The Kier molecular flexibility index (Phi) is 7.19. The summed E-state index contributed by atoms with van der Waals surface area (Å²) in [6.45, 7) is 7.97. The van der Waals surface area contributed by atoms with Crippen LogP contribution in [-0.2, 0) is 21.3 Å². The van der Waals surface area contributed by atoms with Gasteiger partial charge in [0.1, 0.15) is 0 Å². The van der Waals surface area contributed by atoms with Crippen molar-refractivity contribution < 1.29 is 13.2 Å². The van der Waals surface area contributed by atoms with Gasteiger partial charge in [0.05, 0.1) is 18.0 Å². The molecule has 0 amide bonds. The van der Waals surface area contributed by atoms with Crippen LogP contribution >= 0.6 is 0 Å². The maximum absolute atomic E-state index is 12.6. The first-order valence-electron chi connectivity index (χ1n) is 7.72. The number of methoxy groups -OCH3 is 1. The highest BCUT2D eigenvalue weighted by Crippen LogP contribution is 2.18. The van der Waals surface area contributed by atoms with Crippen molar-refractivity contribution >= 4 is 16.0 Å². The third-order valence-corrected chi connectivity index (χ3v) is 4.79. The Morgan fingerprint density at radius 3 is 2.54 bits per heavy atom. The van der Waals surface area contributed by atoms with Crippen LogP contribution in [-0.4, -0.2) is 39.7 Å². The Balaban J connectivity index is 2.95. The number of aliphatic imine (C=N–C) groups is 1. The molecule has 0 saturated heterocycles. The second kappa shape index (κ2) is 8.46. The van der Waals surface area contributed by atoms with E-state index in [9.17, 15) is 8.42 Å². The Bertz CT molecular complexity index is 666. The van der Waals surface area contributed by atoms with Crippen molar-refractivity contribution in [3.8, 4) is 0 Å². The van der Waals surface area contributed by atoms with Gasteiger partial charge in [0.2, 0.25) is 10.0 Å². The van der Waals surface area contributed by atoms with E-state index in [1.54, 1.807) is 52.1 Å². The van der Waals surface area contributed by atoms with Gasteiger partial charge in [-0.2, -0.15) is 0 Å². The quantitative estimate of drug-likeness (QED) is 0.503. The highest BCUT2D eigenvalue weighted by Gasteiger charge is 2.24. The molecule has 0 aliphatic carbocycles. The van der Waals surface area contributed by atoms with E-state index < -0.39 is 15.6 Å². The van der Waals surface area contributed by atoms with E-state index >= 15 is 0 Å². The molecular weight excluding hydrogens is 328 g/mol. The molecule has 0 spiro atoms. The van der Waals surface area contributed by atoms with Gasteiger partial charge in [-0.1, -0.05) is 18.2 Å². The summed E-state index contributed by atoms with van der Waals surface area (Å²) in [5.41, 5.74) is 5.85. The molecule has 0 aromatic heterocycles. The topological polar surface area (TPSA) is 106 Å². The van der Waals surface area contributed by atoms with E-state index in [4.69, 9.17) is 10.5 Å². The van der Waals surface area contributed by atoms with Crippen LogP contribution in [0.25, 0.3) is 0 Å². The number of hydrogen-bond donors (Lipinski definition) is 3. The molecule has 1 aromatic carbocycles. The Morgan fingerprint density at radius 1 is 1.33 bits per heavy atom. The Hall–Kier alpha value is -1.64. The summed E-state index contributed by atoms with van der Waals surface area (Å²) in [6.07, 6.45) is 0. The molecule has 1 atom stereocenters. The van der Waals surface area contributed by atoms with Crippen LogP contribution in [0.1, 0.15) is 33.3 Å². The average Bonchev–Trinajstić information content (AvgIpc) is 2.43. The smallest absolute Gasteiger partial charge is 0.241 e. The van der Waals surface area contributed by atoms with Crippen molar-refractivity contribution in [2.45, 2.75) is 50.7 Å². The number of nitrogens with two attached hydrogens (primary N) is 1. The fraction of sp³-hybridized carbons (Fsp3) is 0.562. The van der Waals surface area contributed by atoms with Crippen molar-refractivity contribution in [1.29, 1.82) is 0 Å². The van der Waals surface area contributed by atoms with E-state index in [0.717, 1.165) is 0 Å². The molecule has 24 heavy (non-hydrogen) atoms. The number of hydrogen-bond acceptors (Lipinski definition) is 4. The molecule has 8 heteroatoms. The van der Waals surface area contributed by atoms with Gasteiger partial charge in [-0.05, 0) is 39.3 Å². The van der Waals surface area contributed by atoms with Gasteiger partial charge in [0, 0.05) is 18.7 Å². The van der Waals surface area contributed by atoms with E-state index in [1.165, 1.54) is 0 Å². The lowest BCUT2D eigenvalue weighted by atomic mass is 10.1. The van der Waals surface area contributed by atoms with Gasteiger partial charge in [0.25, 0.3) is 0 Å². The first kappa shape index (κ1) is 20.4. The zero-order chi connectivity index (χ0) is 18.4. The summed E-state index contributed by atoms with van der Waals surface area (Å²) in [7, 11) is -2.02. The predicted molar refractivity (Wildman–Crippen MR) is 96.3 cm³/mol. The second-order valence-electron chi connectivity index (χ2n) is 6.67. The molecule has 0 fully saturated rings. The number of rotatable bonds is 7. The van der Waals surface area contributed by atoms with E-state index in [-0.39, 0.29) is 23.4 Å². The lowest BCUT2D eigenvalue weighted by molar-refractivity contribution is 0.179. The lowest BCUT2D eigenvalue weighted by Gasteiger charge is -2.21. The normalized spacial score (nSPS) is 14.5. The number of nitrogens with zero attached hydrogens (tertiary/aromatic N) is 1. The van der Waals surface area contributed by atoms with Crippen LogP contribution in [0.5, 0.6) is 0 Å². The highest BCUT2D eigenvalue weighted by atomic mass is 32.2. The summed E-state index contributed by atoms with van der Waals surface area (Å²) in [5.74, 6) is 0.246. The zero-order valence-electron chi connectivity index (χ0n) is 15.0. The fourth-order valence-electron chi connectivity index (χ4n) is 2.11. The van der Waals surface area contributed by atoms with Crippen LogP contribution in [0, 0.1) is 0 Å². The van der Waals surface area contributed by atoms with Gasteiger partial charge >= 0.3 is 0 Å². The number of benzene rings is 1. The molecule has 0 heterocycles. The molecule has 136 valence electrons. The number of sulfonamides is 1. The van der Waals surface area contributed by atoms with Gasteiger partial charge in [0.15, 0.2) is 5.96 Å². The van der Waals surface area contributed by atoms with Crippen LogP contribution in [0.4, 0.5) is 0 Å². The molecule has 1 rings (SSSR count).